The SMILES string of the molecule is CNc1ncc(C)c(NC2CCCCC2)n1. The number of anilines is 2. The lowest BCUT2D eigenvalue weighted by Gasteiger charge is -2.24. The van der Waals surface area contributed by atoms with E-state index in [4.69, 9.17) is 0 Å². The Morgan fingerprint density at radius 1 is 1.25 bits per heavy atom. The highest BCUT2D eigenvalue weighted by molar-refractivity contribution is 5.46. The molecule has 1 aromatic heterocycles. The Kier molecular flexibility index (Phi) is 3.59. The molecular weight excluding hydrogens is 200 g/mol. The van der Waals surface area contributed by atoms with Crippen LogP contribution in [0, 0.1) is 6.92 Å². The fourth-order valence-corrected chi connectivity index (χ4v) is 2.15. The molecule has 1 aliphatic carbocycles. The number of hydrogen-bond donors (Lipinski definition) is 2. The fourth-order valence-electron chi connectivity index (χ4n) is 2.15. The zero-order valence-corrected chi connectivity index (χ0v) is 10.1. The average Bonchev–Trinajstić information content (AvgIpc) is 2.33. The maximum Gasteiger partial charge on any atom is 0.224 e. The van der Waals surface area contributed by atoms with Crippen LogP contribution in [0.1, 0.15) is 37.7 Å². The van der Waals surface area contributed by atoms with E-state index in [9.17, 15) is 0 Å². The fraction of sp³-hybridized carbons (Fsp3) is 0.667. The van der Waals surface area contributed by atoms with Crippen molar-refractivity contribution >= 4 is 11.8 Å². The molecule has 4 heteroatoms. The Balaban J connectivity index is 2.06. The van der Waals surface area contributed by atoms with Gasteiger partial charge < -0.3 is 10.6 Å². The predicted octanol–water partition coefficient (Wildman–Crippen LogP) is 2.57. The molecule has 0 radical (unpaired) electrons. The van der Waals surface area contributed by atoms with E-state index in [1.807, 2.05) is 20.2 Å². The van der Waals surface area contributed by atoms with E-state index in [1.165, 1.54) is 32.1 Å². The summed E-state index contributed by atoms with van der Waals surface area (Å²) < 4.78 is 0. The molecule has 0 amide bonds. The van der Waals surface area contributed by atoms with Crippen molar-refractivity contribution in [3.63, 3.8) is 0 Å². The molecular formula is C12H20N4. The van der Waals surface area contributed by atoms with Gasteiger partial charge in [-0.3, -0.25) is 0 Å². The van der Waals surface area contributed by atoms with Crippen molar-refractivity contribution in [3.05, 3.63) is 11.8 Å². The van der Waals surface area contributed by atoms with Gasteiger partial charge in [0.2, 0.25) is 5.95 Å². The molecule has 88 valence electrons. The quantitative estimate of drug-likeness (QED) is 0.822. The molecule has 0 unspecified atom stereocenters. The zero-order chi connectivity index (χ0) is 11.4. The van der Waals surface area contributed by atoms with Crippen molar-refractivity contribution in [2.75, 3.05) is 17.7 Å². The molecule has 1 saturated carbocycles. The van der Waals surface area contributed by atoms with Gasteiger partial charge in [0.1, 0.15) is 5.82 Å². The van der Waals surface area contributed by atoms with Gasteiger partial charge in [0.05, 0.1) is 0 Å². The maximum atomic E-state index is 4.45. The molecule has 16 heavy (non-hydrogen) atoms. The molecule has 0 bridgehead atoms. The third-order valence-electron chi connectivity index (χ3n) is 3.14. The van der Waals surface area contributed by atoms with E-state index in [-0.39, 0.29) is 0 Å². The summed E-state index contributed by atoms with van der Waals surface area (Å²) in [5, 5.41) is 6.50. The van der Waals surface area contributed by atoms with Crippen molar-refractivity contribution in [3.8, 4) is 0 Å². The number of hydrogen-bond acceptors (Lipinski definition) is 4. The van der Waals surface area contributed by atoms with Crippen LogP contribution in [0.2, 0.25) is 0 Å². The summed E-state index contributed by atoms with van der Waals surface area (Å²) >= 11 is 0. The Labute approximate surface area is 96.9 Å². The first-order valence-corrected chi connectivity index (χ1v) is 6.07. The second kappa shape index (κ2) is 5.14. The first kappa shape index (κ1) is 11.2. The Bertz CT molecular complexity index is 345. The predicted molar refractivity (Wildman–Crippen MR) is 66.8 cm³/mol. The van der Waals surface area contributed by atoms with Crippen LogP contribution in [-0.4, -0.2) is 23.1 Å². The summed E-state index contributed by atoms with van der Waals surface area (Å²) in [6.45, 7) is 2.05. The van der Waals surface area contributed by atoms with Gasteiger partial charge >= 0.3 is 0 Å². The van der Waals surface area contributed by atoms with E-state index in [1.54, 1.807) is 0 Å². The van der Waals surface area contributed by atoms with Crippen LogP contribution in [0.25, 0.3) is 0 Å². The average molecular weight is 220 g/mol. The molecule has 1 aliphatic rings. The third kappa shape index (κ3) is 2.62. The lowest BCUT2D eigenvalue weighted by molar-refractivity contribution is 0.461. The van der Waals surface area contributed by atoms with Gasteiger partial charge in [-0.2, -0.15) is 4.98 Å². The number of rotatable bonds is 3. The molecule has 1 fully saturated rings. The number of aryl methyl sites for hydroxylation is 1. The van der Waals surface area contributed by atoms with Crippen LogP contribution >= 0.6 is 0 Å². The Morgan fingerprint density at radius 3 is 2.69 bits per heavy atom. The first-order chi connectivity index (χ1) is 7.79. The second-order valence-electron chi connectivity index (χ2n) is 4.45. The van der Waals surface area contributed by atoms with Crippen molar-refractivity contribution in [1.82, 2.24) is 9.97 Å². The Morgan fingerprint density at radius 2 is 2.00 bits per heavy atom. The summed E-state index contributed by atoms with van der Waals surface area (Å²) in [4.78, 5) is 8.64. The van der Waals surface area contributed by atoms with Gasteiger partial charge in [-0.15, -0.1) is 0 Å². The maximum absolute atomic E-state index is 4.45. The second-order valence-corrected chi connectivity index (χ2v) is 4.45. The van der Waals surface area contributed by atoms with Crippen molar-refractivity contribution in [2.24, 2.45) is 0 Å². The van der Waals surface area contributed by atoms with Gasteiger partial charge in [-0.25, -0.2) is 4.98 Å². The first-order valence-electron chi connectivity index (χ1n) is 6.07. The molecule has 2 N–H and O–H groups in total. The van der Waals surface area contributed by atoms with Crippen LogP contribution in [0.15, 0.2) is 6.20 Å². The molecule has 1 aromatic rings. The topological polar surface area (TPSA) is 49.8 Å². The minimum Gasteiger partial charge on any atom is -0.367 e. The number of nitrogens with one attached hydrogen (secondary N) is 2. The van der Waals surface area contributed by atoms with Gasteiger partial charge in [-0.05, 0) is 19.8 Å². The van der Waals surface area contributed by atoms with Crippen LogP contribution in [-0.2, 0) is 0 Å². The minimum absolute atomic E-state index is 0.590. The molecule has 0 aromatic carbocycles. The summed E-state index contributed by atoms with van der Waals surface area (Å²) in [6.07, 6.45) is 8.44. The minimum atomic E-state index is 0.590. The summed E-state index contributed by atoms with van der Waals surface area (Å²) in [5.41, 5.74) is 1.12. The summed E-state index contributed by atoms with van der Waals surface area (Å²) in [5.74, 6) is 1.66. The smallest absolute Gasteiger partial charge is 0.224 e. The number of nitrogens with zero attached hydrogens (tertiary/aromatic N) is 2. The monoisotopic (exact) mass is 220 g/mol. The van der Waals surface area contributed by atoms with E-state index < -0.39 is 0 Å². The summed E-state index contributed by atoms with van der Waals surface area (Å²) in [7, 11) is 1.84. The van der Waals surface area contributed by atoms with E-state index in [0.29, 0.717) is 12.0 Å². The third-order valence-corrected chi connectivity index (χ3v) is 3.14. The van der Waals surface area contributed by atoms with Gasteiger partial charge in [-0.1, -0.05) is 19.3 Å². The van der Waals surface area contributed by atoms with Crippen molar-refractivity contribution in [1.29, 1.82) is 0 Å². The van der Waals surface area contributed by atoms with E-state index in [0.717, 1.165) is 11.4 Å². The molecule has 2 rings (SSSR count). The highest BCUT2D eigenvalue weighted by Gasteiger charge is 2.14. The molecule has 0 aliphatic heterocycles. The molecule has 4 nitrogen and oxygen atoms in total. The van der Waals surface area contributed by atoms with Crippen LogP contribution in [0.3, 0.4) is 0 Å². The number of aromatic nitrogens is 2. The summed E-state index contributed by atoms with van der Waals surface area (Å²) in [6, 6.07) is 0.590. The van der Waals surface area contributed by atoms with Crippen molar-refractivity contribution < 1.29 is 0 Å². The van der Waals surface area contributed by atoms with Crippen LogP contribution in [0.5, 0.6) is 0 Å². The van der Waals surface area contributed by atoms with Gasteiger partial charge in [0, 0.05) is 24.8 Å². The van der Waals surface area contributed by atoms with Crippen LogP contribution in [0.4, 0.5) is 11.8 Å². The lowest BCUT2D eigenvalue weighted by atomic mass is 9.95. The normalized spacial score (nSPS) is 17.1. The van der Waals surface area contributed by atoms with E-state index in [2.05, 4.69) is 20.6 Å². The largest absolute Gasteiger partial charge is 0.367 e. The Hall–Kier alpha value is -1.32. The molecule has 0 spiro atoms. The molecule has 0 atom stereocenters. The van der Waals surface area contributed by atoms with E-state index >= 15 is 0 Å². The van der Waals surface area contributed by atoms with Gasteiger partial charge in [0.15, 0.2) is 0 Å². The molecule has 1 heterocycles. The standard InChI is InChI=1S/C12H20N4/c1-9-8-14-12(13-2)16-11(9)15-10-6-4-3-5-7-10/h8,10H,3-7H2,1-2H3,(H2,13,14,15,16). The molecule has 0 saturated heterocycles. The highest BCUT2D eigenvalue weighted by atomic mass is 15.1. The highest BCUT2D eigenvalue weighted by Crippen LogP contribution is 2.22. The van der Waals surface area contributed by atoms with Crippen molar-refractivity contribution in [2.45, 2.75) is 45.1 Å². The lowest BCUT2D eigenvalue weighted by Crippen LogP contribution is -2.23. The van der Waals surface area contributed by atoms with Gasteiger partial charge in [0.25, 0.3) is 0 Å². The van der Waals surface area contributed by atoms with Crippen LogP contribution < -0.4 is 10.6 Å². The zero-order valence-electron chi connectivity index (χ0n) is 10.1.